The van der Waals surface area contributed by atoms with E-state index in [1.54, 1.807) is 26.4 Å². The molecule has 0 aliphatic carbocycles. The summed E-state index contributed by atoms with van der Waals surface area (Å²) in [7, 11) is 3.17. The normalized spacial score (nSPS) is 10.1. The van der Waals surface area contributed by atoms with Crippen molar-refractivity contribution in [1.29, 1.82) is 0 Å². The van der Waals surface area contributed by atoms with Gasteiger partial charge in [-0.3, -0.25) is 9.59 Å². The van der Waals surface area contributed by atoms with Gasteiger partial charge < -0.3 is 20.1 Å². The lowest BCUT2D eigenvalue weighted by molar-refractivity contribution is -0.120. The van der Waals surface area contributed by atoms with E-state index in [0.29, 0.717) is 30.0 Å². The maximum atomic E-state index is 12.1. The molecule has 138 valence electrons. The van der Waals surface area contributed by atoms with Gasteiger partial charge in [0.25, 0.3) is 5.91 Å². The van der Waals surface area contributed by atoms with E-state index in [-0.39, 0.29) is 18.4 Å². The highest BCUT2D eigenvalue weighted by atomic mass is 127. The molecule has 2 aromatic carbocycles. The number of halogens is 1. The molecule has 2 rings (SSSR count). The molecule has 6 nitrogen and oxygen atoms in total. The third-order valence-electron chi connectivity index (χ3n) is 3.71. The van der Waals surface area contributed by atoms with E-state index < -0.39 is 0 Å². The number of hydrogen-bond acceptors (Lipinski definition) is 4. The van der Waals surface area contributed by atoms with Gasteiger partial charge in [-0.25, -0.2) is 0 Å². The number of amides is 2. The highest BCUT2D eigenvalue weighted by Gasteiger charge is 2.10. The minimum atomic E-state index is -0.259. The molecule has 0 heterocycles. The highest BCUT2D eigenvalue weighted by molar-refractivity contribution is 14.1. The zero-order chi connectivity index (χ0) is 18.9. The zero-order valence-corrected chi connectivity index (χ0v) is 16.8. The van der Waals surface area contributed by atoms with E-state index in [9.17, 15) is 9.59 Å². The first-order chi connectivity index (χ1) is 12.5. The Balaban J connectivity index is 1.77. The molecule has 0 saturated heterocycles. The van der Waals surface area contributed by atoms with Crippen molar-refractivity contribution in [1.82, 2.24) is 10.6 Å². The Morgan fingerprint density at radius 2 is 1.73 bits per heavy atom. The average molecular weight is 468 g/mol. The van der Waals surface area contributed by atoms with Gasteiger partial charge in [0.15, 0.2) is 11.5 Å². The summed E-state index contributed by atoms with van der Waals surface area (Å²) in [5.74, 6) is 0.828. The van der Waals surface area contributed by atoms with Gasteiger partial charge in [-0.2, -0.15) is 0 Å². The topological polar surface area (TPSA) is 76.7 Å². The van der Waals surface area contributed by atoms with E-state index >= 15 is 0 Å². The zero-order valence-electron chi connectivity index (χ0n) is 14.7. The largest absolute Gasteiger partial charge is 0.493 e. The number of carbonyl (C=O) groups is 2. The number of methoxy groups -OCH3 is 2. The number of benzene rings is 2. The Morgan fingerprint density at radius 1 is 1.00 bits per heavy atom. The predicted molar refractivity (Wildman–Crippen MR) is 108 cm³/mol. The summed E-state index contributed by atoms with van der Waals surface area (Å²) in [5, 5.41) is 5.42. The van der Waals surface area contributed by atoms with E-state index in [4.69, 9.17) is 9.47 Å². The summed E-state index contributed by atoms with van der Waals surface area (Å²) >= 11 is 2.09. The lowest BCUT2D eigenvalue weighted by atomic mass is 10.1. The predicted octanol–water partition coefficient (Wildman–Crippen LogP) is 2.40. The van der Waals surface area contributed by atoms with Crippen LogP contribution in [0.15, 0.2) is 42.5 Å². The molecule has 0 aliphatic heterocycles. The van der Waals surface area contributed by atoms with Crippen LogP contribution < -0.4 is 20.1 Å². The minimum absolute atomic E-state index is 0.0598. The fraction of sp³-hybridized carbons (Fsp3) is 0.263. The van der Waals surface area contributed by atoms with E-state index in [2.05, 4.69) is 33.2 Å². The van der Waals surface area contributed by atoms with Crippen molar-refractivity contribution in [2.24, 2.45) is 0 Å². The molecular formula is C19H21IN2O4. The Labute approximate surface area is 166 Å². The Bertz CT molecular complexity index is 780. The fourth-order valence-electron chi connectivity index (χ4n) is 2.35. The van der Waals surface area contributed by atoms with Gasteiger partial charge in [0, 0.05) is 10.1 Å². The van der Waals surface area contributed by atoms with E-state index in [1.807, 2.05) is 30.3 Å². The number of hydrogen-bond donors (Lipinski definition) is 2. The van der Waals surface area contributed by atoms with Gasteiger partial charge >= 0.3 is 0 Å². The summed E-state index contributed by atoms with van der Waals surface area (Å²) in [6.07, 6.45) is 0.649. The quantitative estimate of drug-likeness (QED) is 0.584. The standard InChI is InChI=1S/C19H21IN2O4/c1-25-16-8-7-13(11-17(16)26-2)9-10-21-18(23)12-22-19(24)14-5-3-4-6-15(14)20/h3-8,11H,9-10,12H2,1-2H3,(H,21,23)(H,22,24). The smallest absolute Gasteiger partial charge is 0.252 e. The highest BCUT2D eigenvalue weighted by Crippen LogP contribution is 2.27. The first-order valence-corrected chi connectivity index (χ1v) is 9.13. The van der Waals surface area contributed by atoms with Crippen LogP contribution in [-0.2, 0) is 11.2 Å². The minimum Gasteiger partial charge on any atom is -0.493 e. The molecule has 26 heavy (non-hydrogen) atoms. The average Bonchev–Trinajstić information content (AvgIpc) is 2.66. The van der Waals surface area contributed by atoms with Crippen molar-refractivity contribution in [2.75, 3.05) is 27.3 Å². The Hall–Kier alpha value is -2.29. The van der Waals surface area contributed by atoms with Gasteiger partial charge in [0.2, 0.25) is 5.91 Å². The van der Waals surface area contributed by atoms with Crippen LogP contribution >= 0.6 is 22.6 Å². The maximum Gasteiger partial charge on any atom is 0.252 e. The van der Waals surface area contributed by atoms with Gasteiger partial charge in [-0.1, -0.05) is 18.2 Å². The third kappa shape index (κ3) is 5.62. The summed E-state index contributed by atoms with van der Waals surface area (Å²) < 4.78 is 11.3. The molecule has 2 N–H and O–H groups in total. The lowest BCUT2D eigenvalue weighted by Crippen LogP contribution is -2.37. The Kier molecular flexibility index (Phi) is 7.71. The lowest BCUT2D eigenvalue weighted by Gasteiger charge is -2.10. The van der Waals surface area contributed by atoms with Crippen LogP contribution in [0.4, 0.5) is 0 Å². The second-order valence-corrected chi connectivity index (χ2v) is 6.61. The fourth-order valence-corrected chi connectivity index (χ4v) is 2.98. The van der Waals surface area contributed by atoms with Gasteiger partial charge in [0.1, 0.15) is 0 Å². The Morgan fingerprint density at radius 3 is 2.42 bits per heavy atom. The second-order valence-electron chi connectivity index (χ2n) is 5.45. The van der Waals surface area contributed by atoms with E-state index in [0.717, 1.165) is 9.13 Å². The van der Waals surface area contributed by atoms with Crippen molar-refractivity contribution in [3.63, 3.8) is 0 Å². The molecule has 0 radical (unpaired) electrons. The molecule has 0 aromatic heterocycles. The van der Waals surface area contributed by atoms with Crippen LogP contribution in [0.25, 0.3) is 0 Å². The molecule has 2 amide bonds. The molecule has 0 aliphatic rings. The van der Waals surface area contributed by atoms with Crippen LogP contribution in [-0.4, -0.2) is 39.1 Å². The van der Waals surface area contributed by atoms with Crippen molar-refractivity contribution in [2.45, 2.75) is 6.42 Å². The molecule has 0 unspecified atom stereocenters. The number of ether oxygens (including phenoxy) is 2. The number of rotatable bonds is 8. The van der Waals surface area contributed by atoms with Gasteiger partial charge in [0.05, 0.1) is 26.3 Å². The van der Waals surface area contributed by atoms with Crippen LogP contribution in [0.3, 0.4) is 0 Å². The first kappa shape index (κ1) is 20.0. The molecule has 7 heteroatoms. The van der Waals surface area contributed by atoms with Crippen molar-refractivity contribution in [3.8, 4) is 11.5 Å². The molecule has 0 fully saturated rings. The number of carbonyl (C=O) groups excluding carboxylic acids is 2. The molecule has 0 atom stereocenters. The van der Waals surface area contributed by atoms with E-state index in [1.165, 1.54) is 0 Å². The number of nitrogens with one attached hydrogen (secondary N) is 2. The van der Waals surface area contributed by atoms with Crippen LogP contribution in [0.5, 0.6) is 11.5 Å². The molecule has 0 bridgehead atoms. The summed E-state index contributed by atoms with van der Waals surface area (Å²) in [5.41, 5.74) is 1.58. The SMILES string of the molecule is COc1ccc(CCNC(=O)CNC(=O)c2ccccc2I)cc1OC. The van der Waals surface area contributed by atoms with Gasteiger partial charge in [-0.15, -0.1) is 0 Å². The van der Waals surface area contributed by atoms with Crippen LogP contribution in [0.2, 0.25) is 0 Å². The van der Waals surface area contributed by atoms with Crippen LogP contribution in [0.1, 0.15) is 15.9 Å². The molecule has 0 spiro atoms. The summed E-state index contributed by atoms with van der Waals surface area (Å²) in [6.45, 7) is 0.406. The molecule has 2 aromatic rings. The summed E-state index contributed by atoms with van der Waals surface area (Å²) in [6, 6.07) is 12.9. The van der Waals surface area contributed by atoms with Crippen molar-refractivity contribution < 1.29 is 19.1 Å². The van der Waals surface area contributed by atoms with Crippen molar-refractivity contribution >= 4 is 34.4 Å². The third-order valence-corrected chi connectivity index (χ3v) is 4.65. The molecule has 0 saturated carbocycles. The maximum absolute atomic E-state index is 12.1. The van der Waals surface area contributed by atoms with Gasteiger partial charge in [-0.05, 0) is 58.8 Å². The second kappa shape index (κ2) is 10.0. The molecular weight excluding hydrogens is 447 g/mol. The first-order valence-electron chi connectivity index (χ1n) is 8.05. The summed E-state index contributed by atoms with van der Waals surface area (Å²) in [4.78, 5) is 24.0. The monoisotopic (exact) mass is 468 g/mol. The van der Waals surface area contributed by atoms with Crippen molar-refractivity contribution in [3.05, 3.63) is 57.2 Å². The van der Waals surface area contributed by atoms with Crippen LogP contribution in [0, 0.1) is 3.57 Å².